The van der Waals surface area contributed by atoms with Gasteiger partial charge in [0.1, 0.15) is 11.6 Å². The van der Waals surface area contributed by atoms with Crippen molar-refractivity contribution in [3.63, 3.8) is 0 Å². The van der Waals surface area contributed by atoms with E-state index in [-0.39, 0.29) is 12.2 Å². The Balaban J connectivity index is 2.97. The van der Waals surface area contributed by atoms with E-state index in [1.54, 1.807) is 6.92 Å². The predicted molar refractivity (Wildman–Crippen MR) is 63.6 cm³/mol. The SMILES string of the molecule is CCC(CC)(CO)Nc1cc(=O)[nH]c(C)n1. The first-order chi connectivity index (χ1) is 7.55. The second-order valence-corrected chi connectivity index (χ2v) is 3.99. The number of nitrogens with one attached hydrogen (secondary N) is 2. The molecule has 90 valence electrons. The number of hydrogen-bond donors (Lipinski definition) is 3. The highest BCUT2D eigenvalue weighted by Gasteiger charge is 2.25. The van der Waals surface area contributed by atoms with E-state index in [2.05, 4.69) is 15.3 Å². The number of H-pyrrole nitrogens is 1. The van der Waals surface area contributed by atoms with Crippen LogP contribution in [0.2, 0.25) is 0 Å². The molecule has 0 saturated carbocycles. The number of aliphatic hydroxyl groups excluding tert-OH is 1. The maximum absolute atomic E-state index is 11.3. The van der Waals surface area contributed by atoms with Gasteiger partial charge in [0.2, 0.25) is 0 Å². The van der Waals surface area contributed by atoms with Crippen LogP contribution < -0.4 is 10.9 Å². The van der Waals surface area contributed by atoms with Gasteiger partial charge in [0.15, 0.2) is 0 Å². The van der Waals surface area contributed by atoms with Crippen LogP contribution in [-0.4, -0.2) is 27.2 Å². The van der Waals surface area contributed by atoms with E-state index in [0.29, 0.717) is 11.6 Å². The molecule has 0 radical (unpaired) electrons. The molecule has 3 N–H and O–H groups in total. The molecule has 16 heavy (non-hydrogen) atoms. The fourth-order valence-electron chi connectivity index (χ4n) is 1.61. The zero-order chi connectivity index (χ0) is 12.2. The van der Waals surface area contributed by atoms with Gasteiger partial charge in [0.05, 0.1) is 12.1 Å². The van der Waals surface area contributed by atoms with E-state index in [4.69, 9.17) is 0 Å². The summed E-state index contributed by atoms with van der Waals surface area (Å²) in [5.41, 5.74) is -0.582. The molecule has 0 spiro atoms. The normalized spacial score (nSPS) is 11.5. The van der Waals surface area contributed by atoms with Crippen molar-refractivity contribution < 1.29 is 5.11 Å². The molecule has 1 aromatic rings. The monoisotopic (exact) mass is 225 g/mol. The Kier molecular flexibility index (Phi) is 4.06. The largest absolute Gasteiger partial charge is 0.394 e. The molecule has 0 saturated heterocycles. The lowest BCUT2D eigenvalue weighted by molar-refractivity contribution is 0.202. The summed E-state index contributed by atoms with van der Waals surface area (Å²) < 4.78 is 0. The third-order valence-electron chi connectivity index (χ3n) is 2.91. The average Bonchev–Trinajstić information content (AvgIpc) is 2.25. The Morgan fingerprint density at radius 3 is 2.56 bits per heavy atom. The number of aromatic amines is 1. The fourth-order valence-corrected chi connectivity index (χ4v) is 1.61. The fraction of sp³-hybridized carbons (Fsp3) is 0.636. The Hall–Kier alpha value is -1.36. The molecule has 1 heterocycles. The van der Waals surface area contributed by atoms with Gasteiger partial charge in [-0.05, 0) is 19.8 Å². The summed E-state index contributed by atoms with van der Waals surface area (Å²) in [6.07, 6.45) is 1.54. The van der Waals surface area contributed by atoms with Gasteiger partial charge in [-0.2, -0.15) is 0 Å². The van der Waals surface area contributed by atoms with Gasteiger partial charge in [0, 0.05) is 6.07 Å². The maximum atomic E-state index is 11.3. The average molecular weight is 225 g/mol. The highest BCUT2D eigenvalue weighted by Crippen LogP contribution is 2.19. The van der Waals surface area contributed by atoms with Crippen LogP contribution in [0.5, 0.6) is 0 Å². The minimum Gasteiger partial charge on any atom is -0.394 e. The first-order valence-corrected chi connectivity index (χ1v) is 5.52. The molecule has 1 aromatic heterocycles. The molecule has 5 nitrogen and oxygen atoms in total. The molecule has 0 aliphatic carbocycles. The number of rotatable bonds is 5. The van der Waals surface area contributed by atoms with E-state index in [0.717, 1.165) is 12.8 Å². The van der Waals surface area contributed by atoms with Crippen molar-refractivity contribution in [2.45, 2.75) is 39.2 Å². The van der Waals surface area contributed by atoms with Crippen LogP contribution in [0.1, 0.15) is 32.5 Å². The Bertz CT molecular complexity index is 388. The van der Waals surface area contributed by atoms with Crippen molar-refractivity contribution in [2.75, 3.05) is 11.9 Å². The molecule has 1 rings (SSSR count). The van der Waals surface area contributed by atoms with Crippen molar-refractivity contribution in [2.24, 2.45) is 0 Å². The van der Waals surface area contributed by atoms with E-state index in [1.807, 2.05) is 13.8 Å². The summed E-state index contributed by atoms with van der Waals surface area (Å²) in [5.74, 6) is 1.08. The lowest BCUT2D eigenvalue weighted by Gasteiger charge is -2.31. The highest BCUT2D eigenvalue weighted by molar-refractivity contribution is 5.36. The van der Waals surface area contributed by atoms with E-state index in [9.17, 15) is 9.90 Å². The number of anilines is 1. The molecular formula is C11H19N3O2. The van der Waals surface area contributed by atoms with Crippen molar-refractivity contribution in [1.82, 2.24) is 9.97 Å². The molecule has 0 aliphatic heterocycles. The molecular weight excluding hydrogens is 206 g/mol. The number of hydrogen-bond acceptors (Lipinski definition) is 4. The van der Waals surface area contributed by atoms with Crippen molar-refractivity contribution >= 4 is 5.82 Å². The lowest BCUT2D eigenvalue weighted by Crippen LogP contribution is -2.41. The van der Waals surface area contributed by atoms with E-state index < -0.39 is 5.54 Å². The van der Waals surface area contributed by atoms with Gasteiger partial charge in [-0.1, -0.05) is 13.8 Å². The third kappa shape index (κ3) is 2.82. The minimum atomic E-state index is -0.396. The summed E-state index contributed by atoms with van der Waals surface area (Å²) >= 11 is 0. The number of aryl methyl sites for hydroxylation is 1. The highest BCUT2D eigenvalue weighted by atomic mass is 16.3. The summed E-state index contributed by atoms with van der Waals surface area (Å²) in [6.45, 7) is 5.73. The van der Waals surface area contributed by atoms with Gasteiger partial charge in [-0.25, -0.2) is 4.98 Å². The van der Waals surface area contributed by atoms with Crippen molar-refractivity contribution in [1.29, 1.82) is 0 Å². The smallest absolute Gasteiger partial charge is 0.252 e. The van der Waals surface area contributed by atoms with Gasteiger partial charge in [-0.15, -0.1) is 0 Å². The maximum Gasteiger partial charge on any atom is 0.252 e. The first kappa shape index (κ1) is 12.7. The molecule has 0 aromatic carbocycles. The van der Waals surface area contributed by atoms with Crippen LogP contribution >= 0.6 is 0 Å². The second-order valence-electron chi connectivity index (χ2n) is 3.99. The van der Waals surface area contributed by atoms with Gasteiger partial charge >= 0.3 is 0 Å². The van der Waals surface area contributed by atoms with Crippen LogP contribution in [0.3, 0.4) is 0 Å². The van der Waals surface area contributed by atoms with Crippen molar-refractivity contribution in [3.8, 4) is 0 Å². The van der Waals surface area contributed by atoms with Crippen LogP contribution in [-0.2, 0) is 0 Å². The summed E-state index contributed by atoms with van der Waals surface area (Å²) in [4.78, 5) is 18.0. The Labute approximate surface area is 94.9 Å². The number of aliphatic hydroxyl groups is 1. The first-order valence-electron chi connectivity index (χ1n) is 5.52. The van der Waals surface area contributed by atoms with Crippen molar-refractivity contribution in [3.05, 3.63) is 22.2 Å². The van der Waals surface area contributed by atoms with Crippen LogP contribution in [0.25, 0.3) is 0 Å². The molecule has 0 aliphatic rings. The third-order valence-corrected chi connectivity index (χ3v) is 2.91. The topological polar surface area (TPSA) is 78.0 Å². The van der Waals surface area contributed by atoms with Gasteiger partial charge in [0.25, 0.3) is 5.56 Å². The molecule has 0 unspecified atom stereocenters. The number of nitrogens with zero attached hydrogens (tertiary/aromatic N) is 1. The van der Waals surface area contributed by atoms with Crippen LogP contribution in [0.15, 0.2) is 10.9 Å². The summed E-state index contributed by atoms with van der Waals surface area (Å²) in [6, 6.07) is 1.41. The van der Waals surface area contributed by atoms with E-state index >= 15 is 0 Å². The van der Waals surface area contributed by atoms with Gasteiger partial charge < -0.3 is 15.4 Å². The zero-order valence-corrected chi connectivity index (χ0v) is 10.0. The Morgan fingerprint density at radius 2 is 2.12 bits per heavy atom. The summed E-state index contributed by atoms with van der Waals surface area (Å²) in [7, 11) is 0. The number of aromatic nitrogens is 2. The molecule has 0 amide bonds. The standard InChI is InChI=1S/C11H19N3O2/c1-4-11(5-2,7-15)14-9-6-10(16)13-8(3)12-9/h6,15H,4-5,7H2,1-3H3,(H2,12,13,14,16). The molecule has 5 heteroatoms. The Morgan fingerprint density at radius 1 is 1.50 bits per heavy atom. The zero-order valence-electron chi connectivity index (χ0n) is 10.0. The second kappa shape index (κ2) is 5.12. The molecule has 0 fully saturated rings. The van der Waals surface area contributed by atoms with E-state index in [1.165, 1.54) is 6.07 Å². The quantitative estimate of drug-likeness (QED) is 0.699. The van der Waals surface area contributed by atoms with Gasteiger partial charge in [-0.3, -0.25) is 4.79 Å². The lowest BCUT2D eigenvalue weighted by atomic mass is 9.94. The van der Waals surface area contributed by atoms with Crippen LogP contribution in [0, 0.1) is 6.92 Å². The molecule has 0 atom stereocenters. The summed E-state index contributed by atoms with van der Waals surface area (Å²) in [5, 5.41) is 12.5. The minimum absolute atomic E-state index is 0.0214. The molecule has 0 bridgehead atoms. The van der Waals surface area contributed by atoms with Crippen LogP contribution in [0.4, 0.5) is 5.82 Å². The predicted octanol–water partition coefficient (Wildman–Crippen LogP) is 1.04.